The zero-order valence-corrected chi connectivity index (χ0v) is 11.3. The van der Waals surface area contributed by atoms with E-state index in [1.807, 2.05) is 0 Å². The fourth-order valence-corrected chi connectivity index (χ4v) is 2.89. The Hall–Kier alpha value is -1.89. The highest BCUT2D eigenvalue weighted by Gasteiger charge is 2.66. The Morgan fingerprint density at radius 2 is 1.57 bits per heavy atom. The van der Waals surface area contributed by atoms with Gasteiger partial charge in [-0.1, -0.05) is 55.8 Å². The van der Waals surface area contributed by atoms with Crippen LogP contribution < -0.4 is 0 Å². The number of hydrogen-bond acceptors (Lipinski definition) is 1. The van der Waals surface area contributed by atoms with Gasteiger partial charge in [-0.25, -0.2) is 0 Å². The van der Waals surface area contributed by atoms with Crippen LogP contribution >= 0.6 is 10.2 Å². The molecule has 1 aliphatic carbocycles. The molecule has 1 aliphatic heterocycles. The van der Waals surface area contributed by atoms with E-state index < -0.39 is 21.2 Å². The van der Waals surface area contributed by atoms with Gasteiger partial charge in [0.1, 0.15) is 4.91 Å². The van der Waals surface area contributed by atoms with E-state index in [-0.39, 0.29) is 5.57 Å². The quantitative estimate of drug-likeness (QED) is 0.635. The molecule has 1 nitrogen and oxygen atoms in total. The van der Waals surface area contributed by atoms with Crippen LogP contribution in [-0.4, -0.2) is 11.8 Å². The van der Waals surface area contributed by atoms with E-state index in [2.05, 4.69) is 4.99 Å². The normalized spacial score (nSPS) is 24.4. The number of nitrogens with zero attached hydrogens (tertiary/aromatic N) is 1. The number of fused-ring (bicyclic) bond motifs is 1. The van der Waals surface area contributed by atoms with E-state index in [9.17, 15) is 19.4 Å². The number of rotatable bonds is 2. The summed E-state index contributed by atoms with van der Waals surface area (Å²) in [6.45, 7) is 0. The number of benzene rings is 1. The Kier molecular flexibility index (Phi) is 2.44. The molecule has 0 fully saturated rings. The summed E-state index contributed by atoms with van der Waals surface area (Å²) in [7, 11) is -9.64. The van der Waals surface area contributed by atoms with Gasteiger partial charge < -0.3 is 0 Å². The third-order valence-corrected chi connectivity index (χ3v) is 4.33. The lowest BCUT2D eigenvalue weighted by atomic mass is 10.0. The molecule has 0 saturated carbocycles. The molecule has 2 aliphatic rings. The molecule has 0 unspecified atom stereocenters. The standard InChI is InChI=1S/C14H10F5NS/c15-21(16,17,18,19)12-6-7-13-11(8-12)9-14(20-13)10-4-2-1-3-5-10/h1-9,13H/t13-/m0/s1. The van der Waals surface area contributed by atoms with Crippen LogP contribution in [0.5, 0.6) is 0 Å². The molecule has 1 aromatic carbocycles. The van der Waals surface area contributed by atoms with Gasteiger partial charge in [-0.2, -0.15) is 0 Å². The minimum absolute atomic E-state index is 0.125. The lowest BCUT2D eigenvalue weighted by Crippen LogP contribution is -2.13. The fraction of sp³-hybridized carbons (Fsp3) is 0.0714. The molecule has 0 saturated heterocycles. The average molecular weight is 319 g/mol. The van der Waals surface area contributed by atoms with E-state index in [4.69, 9.17) is 0 Å². The van der Waals surface area contributed by atoms with Crippen LogP contribution in [0, 0.1) is 0 Å². The van der Waals surface area contributed by atoms with Crippen molar-refractivity contribution in [1.82, 2.24) is 0 Å². The molecule has 1 aromatic rings. The van der Waals surface area contributed by atoms with Crippen molar-refractivity contribution in [3.8, 4) is 0 Å². The van der Waals surface area contributed by atoms with E-state index in [1.165, 1.54) is 6.08 Å². The summed E-state index contributed by atoms with van der Waals surface area (Å²) in [5, 5.41) is 0. The monoisotopic (exact) mass is 319 g/mol. The predicted molar refractivity (Wildman–Crippen MR) is 75.2 cm³/mol. The van der Waals surface area contributed by atoms with Crippen molar-refractivity contribution in [3.05, 3.63) is 70.7 Å². The average Bonchev–Trinajstić information content (AvgIpc) is 2.80. The van der Waals surface area contributed by atoms with Crippen molar-refractivity contribution in [2.75, 3.05) is 0 Å². The Morgan fingerprint density at radius 1 is 0.905 bits per heavy atom. The summed E-state index contributed by atoms with van der Waals surface area (Å²) in [5.74, 6) is 0. The summed E-state index contributed by atoms with van der Waals surface area (Å²) in [5.41, 5.74) is 1.34. The van der Waals surface area contributed by atoms with E-state index in [0.717, 1.165) is 11.6 Å². The maximum atomic E-state index is 12.8. The van der Waals surface area contributed by atoms with Crippen molar-refractivity contribution in [3.63, 3.8) is 0 Å². The molecule has 112 valence electrons. The number of hydrogen-bond donors (Lipinski definition) is 0. The molecule has 0 amide bonds. The highest BCUT2D eigenvalue weighted by Crippen LogP contribution is 3.02. The molecule has 0 spiro atoms. The van der Waals surface area contributed by atoms with Gasteiger partial charge in [0.05, 0.1) is 11.8 Å². The van der Waals surface area contributed by atoms with E-state index in [0.29, 0.717) is 17.9 Å². The Morgan fingerprint density at radius 3 is 2.19 bits per heavy atom. The fourth-order valence-electron chi connectivity index (χ4n) is 2.19. The molecule has 21 heavy (non-hydrogen) atoms. The van der Waals surface area contributed by atoms with Gasteiger partial charge in [-0.15, -0.1) is 0 Å². The van der Waals surface area contributed by atoms with E-state index >= 15 is 0 Å². The van der Waals surface area contributed by atoms with Gasteiger partial charge in [0.25, 0.3) is 0 Å². The van der Waals surface area contributed by atoms with Crippen LogP contribution in [0.4, 0.5) is 19.4 Å². The summed E-state index contributed by atoms with van der Waals surface area (Å²) in [4.78, 5) is 2.36. The molecule has 0 aromatic heterocycles. The van der Waals surface area contributed by atoms with Gasteiger partial charge in [-0.3, -0.25) is 4.99 Å². The summed E-state index contributed by atoms with van der Waals surface area (Å²) >= 11 is 0. The van der Waals surface area contributed by atoms with Crippen molar-refractivity contribution in [2.45, 2.75) is 6.04 Å². The highest BCUT2D eigenvalue weighted by atomic mass is 32.5. The van der Waals surface area contributed by atoms with Crippen LogP contribution in [-0.2, 0) is 0 Å². The van der Waals surface area contributed by atoms with Crippen molar-refractivity contribution >= 4 is 15.9 Å². The second-order valence-electron chi connectivity index (χ2n) is 4.84. The smallest absolute Gasteiger partial charge is 0.272 e. The highest BCUT2D eigenvalue weighted by molar-refractivity contribution is 8.48. The second-order valence-corrected chi connectivity index (χ2v) is 7.25. The number of allylic oxidation sites excluding steroid dienone is 2. The lowest BCUT2D eigenvalue weighted by Gasteiger charge is -2.42. The minimum Gasteiger partial charge on any atom is -0.272 e. The molecule has 1 heterocycles. The van der Waals surface area contributed by atoms with Crippen LogP contribution in [0.2, 0.25) is 0 Å². The van der Waals surface area contributed by atoms with Crippen LogP contribution in [0.1, 0.15) is 5.56 Å². The zero-order chi connectivity index (χ0) is 15.4. The molecule has 7 heteroatoms. The Bertz CT molecular complexity index is 726. The van der Waals surface area contributed by atoms with Crippen molar-refractivity contribution in [1.29, 1.82) is 0 Å². The maximum Gasteiger partial charge on any atom is 0.310 e. The van der Waals surface area contributed by atoms with Crippen molar-refractivity contribution < 1.29 is 19.4 Å². The predicted octanol–water partition coefficient (Wildman–Crippen LogP) is 5.54. The Labute approximate surface area is 117 Å². The first kappa shape index (κ1) is 14.1. The second kappa shape index (κ2) is 3.65. The van der Waals surface area contributed by atoms with Gasteiger partial charge in [-0.05, 0) is 29.4 Å². The molecule has 3 rings (SSSR count). The zero-order valence-electron chi connectivity index (χ0n) is 10.5. The van der Waals surface area contributed by atoms with Gasteiger partial charge in [0.15, 0.2) is 0 Å². The molecular formula is C14H10F5NS. The lowest BCUT2D eigenvalue weighted by molar-refractivity contribution is 0.380. The first-order valence-corrected chi connectivity index (χ1v) is 7.97. The first-order valence-electron chi connectivity index (χ1n) is 6.02. The van der Waals surface area contributed by atoms with Crippen LogP contribution in [0.25, 0.3) is 0 Å². The minimum atomic E-state index is -9.64. The maximum absolute atomic E-state index is 12.8. The van der Waals surface area contributed by atoms with Crippen molar-refractivity contribution in [2.24, 2.45) is 4.99 Å². The van der Waals surface area contributed by atoms with Crippen LogP contribution in [0.15, 0.2) is 70.1 Å². The third kappa shape index (κ3) is 2.78. The SMILES string of the molecule is FS(F)(F)(F)(F)C1=CC2=CC(c3ccccc3)=N[C@H]2C=C1. The van der Waals surface area contributed by atoms with E-state index in [1.54, 1.807) is 30.3 Å². The summed E-state index contributed by atoms with van der Waals surface area (Å²) in [6.07, 6.45) is 3.37. The molecule has 0 bridgehead atoms. The topological polar surface area (TPSA) is 12.4 Å². The van der Waals surface area contributed by atoms with Gasteiger partial charge in [0.2, 0.25) is 0 Å². The van der Waals surface area contributed by atoms with Gasteiger partial charge >= 0.3 is 10.2 Å². The molecule has 1 atom stereocenters. The molecule has 0 N–H and O–H groups in total. The van der Waals surface area contributed by atoms with Gasteiger partial charge in [0, 0.05) is 0 Å². The molecular weight excluding hydrogens is 309 g/mol. The largest absolute Gasteiger partial charge is 0.310 e. The first-order chi connectivity index (χ1) is 9.53. The summed E-state index contributed by atoms with van der Waals surface area (Å²) in [6, 6.07) is 8.21. The number of halogens is 5. The summed E-state index contributed by atoms with van der Waals surface area (Å²) < 4.78 is 64.0. The third-order valence-electron chi connectivity index (χ3n) is 3.19. The number of aliphatic imine (C=N–C) groups is 1. The Balaban J connectivity index is 2.01. The van der Waals surface area contributed by atoms with Crippen LogP contribution in [0.3, 0.4) is 0 Å². The molecule has 0 radical (unpaired) electrons.